The summed E-state index contributed by atoms with van der Waals surface area (Å²) in [7, 11) is 0. The molecular formula is C44H54O2. The van der Waals surface area contributed by atoms with E-state index in [0.717, 1.165) is 65.5 Å². The van der Waals surface area contributed by atoms with Gasteiger partial charge in [-0.1, -0.05) is 114 Å². The van der Waals surface area contributed by atoms with E-state index in [1.165, 1.54) is 72.9 Å². The molecule has 242 valence electrons. The third-order valence-corrected chi connectivity index (χ3v) is 14.3. The lowest BCUT2D eigenvalue weighted by Gasteiger charge is -2.58. The first-order valence-corrected chi connectivity index (χ1v) is 18.7. The van der Waals surface area contributed by atoms with E-state index in [1.807, 2.05) is 0 Å². The van der Waals surface area contributed by atoms with E-state index in [0.29, 0.717) is 11.0 Å². The van der Waals surface area contributed by atoms with Gasteiger partial charge < -0.3 is 4.74 Å². The zero-order chi connectivity index (χ0) is 31.8. The molecule has 0 N–H and O–H groups in total. The molecule has 0 amide bonds. The highest BCUT2D eigenvalue weighted by atomic mass is 16.5. The van der Waals surface area contributed by atoms with Crippen molar-refractivity contribution in [3.63, 3.8) is 0 Å². The van der Waals surface area contributed by atoms with Crippen LogP contribution in [0.25, 0.3) is 32.3 Å². The number of allylic oxidation sites excluding steroid dienone is 1. The summed E-state index contributed by atoms with van der Waals surface area (Å²) < 4.78 is 6.43. The van der Waals surface area contributed by atoms with Crippen LogP contribution in [-0.2, 0) is 4.74 Å². The number of benzene rings is 4. The molecule has 2 heteroatoms. The first-order chi connectivity index (χ1) is 22.2. The van der Waals surface area contributed by atoms with Crippen molar-refractivity contribution in [1.29, 1.82) is 0 Å². The van der Waals surface area contributed by atoms with Crippen LogP contribution in [0.2, 0.25) is 0 Å². The van der Waals surface area contributed by atoms with E-state index < -0.39 is 0 Å². The topological polar surface area (TPSA) is 26.3 Å². The fraction of sp³-hybridized carbons (Fsp3) is 0.568. The van der Waals surface area contributed by atoms with Gasteiger partial charge in [0.25, 0.3) is 0 Å². The average Bonchev–Trinajstić information content (AvgIpc) is 3.41. The predicted octanol–water partition coefficient (Wildman–Crippen LogP) is 12.2. The molecule has 0 aromatic heterocycles. The van der Waals surface area contributed by atoms with Crippen molar-refractivity contribution in [1.82, 2.24) is 0 Å². The van der Waals surface area contributed by atoms with Gasteiger partial charge in [0.15, 0.2) is 0 Å². The molecule has 0 radical (unpaired) electrons. The summed E-state index contributed by atoms with van der Waals surface area (Å²) in [6.07, 6.45) is 16.7. The Balaban J connectivity index is 0.996. The van der Waals surface area contributed by atoms with Gasteiger partial charge in [0.05, 0.1) is 5.56 Å². The maximum absolute atomic E-state index is 13.9. The molecule has 4 aromatic rings. The van der Waals surface area contributed by atoms with Gasteiger partial charge in [0.2, 0.25) is 0 Å². The first kappa shape index (κ1) is 30.5. The molecule has 3 fully saturated rings. The Morgan fingerprint density at radius 3 is 2.41 bits per heavy atom. The Kier molecular flexibility index (Phi) is 7.54. The minimum atomic E-state index is -0.158. The lowest BCUT2D eigenvalue weighted by atomic mass is 9.47. The summed E-state index contributed by atoms with van der Waals surface area (Å²) in [6.45, 7) is 12.6. The molecule has 2 nitrogen and oxygen atoms in total. The van der Waals surface area contributed by atoms with E-state index in [2.05, 4.69) is 95.3 Å². The molecule has 4 aromatic carbocycles. The van der Waals surface area contributed by atoms with Crippen LogP contribution in [0.1, 0.15) is 116 Å². The van der Waals surface area contributed by atoms with E-state index in [1.54, 1.807) is 5.57 Å². The van der Waals surface area contributed by atoms with Crippen LogP contribution in [0.15, 0.2) is 66.2 Å². The minimum absolute atomic E-state index is 0.0344. The highest BCUT2D eigenvalue weighted by Gasteiger charge is 2.59. The van der Waals surface area contributed by atoms with Gasteiger partial charge in [0.1, 0.15) is 6.10 Å². The molecule has 0 aliphatic heterocycles. The summed E-state index contributed by atoms with van der Waals surface area (Å²) >= 11 is 0. The predicted molar refractivity (Wildman–Crippen MR) is 192 cm³/mol. The highest BCUT2D eigenvalue weighted by Crippen LogP contribution is 2.67. The fourth-order valence-electron chi connectivity index (χ4n) is 11.9. The molecule has 0 bridgehead atoms. The third kappa shape index (κ3) is 4.75. The van der Waals surface area contributed by atoms with Crippen molar-refractivity contribution in [3.8, 4) is 0 Å². The zero-order valence-corrected chi connectivity index (χ0v) is 28.9. The molecular weight excluding hydrogens is 560 g/mol. The number of hydrogen-bond acceptors (Lipinski definition) is 2. The Hall–Kier alpha value is -2.87. The molecule has 4 aliphatic rings. The monoisotopic (exact) mass is 614 g/mol. The quantitative estimate of drug-likeness (QED) is 0.118. The maximum Gasteiger partial charge on any atom is 0.339 e. The van der Waals surface area contributed by atoms with Gasteiger partial charge in [-0.2, -0.15) is 0 Å². The SMILES string of the molecule is CC(C)CCC[C@@H](C)[C@H]1CC[C@H]2[C@@H]3CC=C4C[C@@H](OC(=O)c5cc6cccc7ccc8cccc5c8c76)CC[C@]4(C)[C@H]3CC[C@]12C. The van der Waals surface area contributed by atoms with Crippen molar-refractivity contribution >= 4 is 38.3 Å². The first-order valence-electron chi connectivity index (χ1n) is 18.7. The Labute approximate surface area is 276 Å². The van der Waals surface area contributed by atoms with Crippen molar-refractivity contribution < 1.29 is 9.53 Å². The fourth-order valence-corrected chi connectivity index (χ4v) is 11.9. The van der Waals surface area contributed by atoms with Crippen molar-refractivity contribution in [2.45, 2.75) is 111 Å². The number of fused-ring (bicyclic) bond motifs is 5. The van der Waals surface area contributed by atoms with E-state index in [-0.39, 0.29) is 17.5 Å². The summed E-state index contributed by atoms with van der Waals surface area (Å²) in [4.78, 5) is 13.9. The molecule has 0 saturated heterocycles. The summed E-state index contributed by atoms with van der Waals surface area (Å²) in [6, 6.07) is 19.2. The lowest BCUT2D eigenvalue weighted by molar-refractivity contribution is -0.0594. The van der Waals surface area contributed by atoms with E-state index >= 15 is 0 Å². The molecule has 0 heterocycles. The molecule has 0 spiro atoms. The van der Waals surface area contributed by atoms with Crippen molar-refractivity contribution in [2.24, 2.45) is 46.3 Å². The van der Waals surface area contributed by atoms with Crippen LogP contribution in [0, 0.1) is 46.3 Å². The largest absolute Gasteiger partial charge is 0.458 e. The van der Waals surface area contributed by atoms with E-state index in [4.69, 9.17) is 4.74 Å². The van der Waals surface area contributed by atoms with Crippen molar-refractivity contribution in [3.05, 3.63) is 71.8 Å². The molecule has 4 aliphatic carbocycles. The van der Waals surface area contributed by atoms with Gasteiger partial charge >= 0.3 is 5.97 Å². The number of carbonyl (C=O) groups is 1. The standard InChI is InChI=1S/C44H54O2/c1-27(2)9-6-10-28(3)37-19-20-38-35-18-17-32-26-33(21-23-43(32,4)39(35)22-24-44(37,38)5)46-42(45)36-25-31-13-7-11-29-15-16-30-12-8-14-34(36)41(30)40(29)31/h7-8,11-17,25,27-28,33,35,37-39H,6,9-10,18-24,26H2,1-5H3/t28-,33+,35+,37-,38+,39+,43+,44-/m1/s1. The normalized spacial score (nSPS) is 33.2. The van der Waals surface area contributed by atoms with Crippen LogP contribution in [0.3, 0.4) is 0 Å². The second kappa shape index (κ2) is 11.4. The number of carbonyl (C=O) groups excluding carboxylic acids is 1. The van der Waals surface area contributed by atoms with Crippen LogP contribution < -0.4 is 0 Å². The summed E-state index contributed by atoms with van der Waals surface area (Å²) in [5, 5.41) is 6.98. The number of rotatable bonds is 7. The van der Waals surface area contributed by atoms with Crippen LogP contribution in [0.4, 0.5) is 0 Å². The van der Waals surface area contributed by atoms with Crippen LogP contribution in [0.5, 0.6) is 0 Å². The van der Waals surface area contributed by atoms with Crippen LogP contribution in [-0.4, -0.2) is 12.1 Å². The average molecular weight is 615 g/mol. The van der Waals surface area contributed by atoms with Gasteiger partial charge in [0, 0.05) is 6.42 Å². The van der Waals surface area contributed by atoms with Gasteiger partial charge in [-0.3, -0.25) is 0 Å². The number of ether oxygens (including phenoxy) is 1. The number of esters is 1. The highest BCUT2D eigenvalue weighted by molar-refractivity contribution is 6.26. The molecule has 8 atom stereocenters. The van der Waals surface area contributed by atoms with Crippen molar-refractivity contribution in [2.75, 3.05) is 0 Å². The molecule has 3 saturated carbocycles. The summed E-state index contributed by atoms with van der Waals surface area (Å²) in [5.41, 5.74) is 3.08. The zero-order valence-electron chi connectivity index (χ0n) is 28.9. The Bertz CT molecular complexity index is 1800. The van der Waals surface area contributed by atoms with E-state index in [9.17, 15) is 4.79 Å². The second-order valence-electron chi connectivity index (χ2n) is 17.0. The van der Waals surface area contributed by atoms with Gasteiger partial charge in [-0.15, -0.1) is 0 Å². The molecule has 0 unspecified atom stereocenters. The lowest BCUT2D eigenvalue weighted by Crippen LogP contribution is -2.51. The smallest absolute Gasteiger partial charge is 0.339 e. The Morgan fingerprint density at radius 1 is 0.848 bits per heavy atom. The third-order valence-electron chi connectivity index (χ3n) is 14.3. The van der Waals surface area contributed by atoms with Gasteiger partial charge in [-0.25, -0.2) is 4.79 Å². The number of hydrogen-bond donors (Lipinski definition) is 0. The molecule has 46 heavy (non-hydrogen) atoms. The minimum Gasteiger partial charge on any atom is -0.458 e. The Morgan fingerprint density at radius 2 is 1.61 bits per heavy atom. The van der Waals surface area contributed by atoms with Crippen LogP contribution >= 0.6 is 0 Å². The summed E-state index contributed by atoms with van der Waals surface area (Å²) in [5.74, 6) is 4.91. The van der Waals surface area contributed by atoms with Gasteiger partial charge in [-0.05, 0) is 130 Å². The molecule has 8 rings (SSSR count). The maximum atomic E-state index is 13.9. The second-order valence-corrected chi connectivity index (χ2v) is 17.0.